The normalized spacial score (nSPS) is 20.1. The maximum atomic E-state index is 12.4. The maximum absolute atomic E-state index is 12.4. The largest absolute Gasteiger partial charge is 0.457 e. The fourth-order valence-corrected chi connectivity index (χ4v) is 6.12. The SMILES string of the molecule is C=CC(=O)N1C2CC[C@H]1CC(c1ccc3ncnc(Nc4ccc(Oc5ccn6ncnc6c5)c(C)c4)c3n1)C2. The van der Waals surface area contributed by atoms with E-state index in [2.05, 4.69) is 38.0 Å². The first-order chi connectivity index (χ1) is 19.6. The number of fused-ring (bicyclic) bond motifs is 4. The molecule has 2 aliphatic heterocycles. The molecule has 4 aromatic heterocycles. The summed E-state index contributed by atoms with van der Waals surface area (Å²) in [6.07, 6.45) is 10.2. The van der Waals surface area contributed by atoms with E-state index in [1.807, 2.05) is 54.4 Å². The Labute approximate surface area is 230 Å². The van der Waals surface area contributed by atoms with Crippen molar-refractivity contribution in [1.82, 2.24) is 34.4 Å². The third kappa shape index (κ3) is 4.31. The molecule has 1 aromatic carbocycles. The van der Waals surface area contributed by atoms with E-state index in [0.29, 0.717) is 17.5 Å². The van der Waals surface area contributed by atoms with Crippen molar-refractivity contribution in [1.29, 1.82) is 0 Å². The molecule has 2 unspecified atom stereocenters. The van der Waals surface area contributed by atoms with Gasteiger partial charge in [-0.3, -0.25) is 4.79 Å². The molecule has 0 saturated carbocycles. The number of hydrogen-bond acceptors (Lipinski definition) is 8. The highest BCUT2D eigenvalue weighted by Crippen LogP contribution is 2.43. The van der Waals surface area contributed by atoms with Crippen molar-refractivity contribution in [3.05, 3.63) is 85.2 Å². The molecule has 0 aliphatic carbocycles. The van der Waals surface area contributed by atoms with Gasteiger partial charge in [0.1, 0.15) is 29.7 Å². The molecule has 1 amide bonds. The Balaban J connectivity index is 1.12. The summed E-state index contributed by atoms with van der Waals surface area (Å²) in [5.41, 5.74) is 5.10. The first kappa shape index (κ1) is 24.2. The van der Waals surface area contributed by atoms with Crippen molar-refractivity contribution in [2.75, 3.05) is 5.32 Å². The van der Waals surface area contributed by atoms with Crippen LogP contribution >= 0.6 is 0 Å². The fourth-order valence-electron chi connectivity index (χ4n) is 6.12. The van der Waals surface area contributed by atoms with E-state index in [1.54, 1.807) is 10.8 Å². The number of piperidine rings is 1. The summed E-state index contributed by atoms with van der Waals surface area (Å²) in [5, 5.41) is 7.55. The Hall–Kier alpha value is -4.86. The predicted octanol–water partition coefficient (Wildman–Crippen LogP) is 5.33. The molecule has 5 aromatic rings. The summed E-state index contributed by atoms with van der Waals surface area (Å²) in [5.74, 6) is 2.42. The second-order valence-corrected chi connectivity index (χ2v) is 10.5. The number of benzene rings is 1. The van der Waals surface area contributed by atoms with E-state index in [1.165, 1.54) is 12.4 Å². The van der Waals surface area contributed by atoms with Crippen LogP contribution in [0.15, 0.2) is 74.0 Å². The van der Waals surface area contributed by atoms with Crippen LogP contribution in [0.4, 0.5) is 11.5 Å². The molecule has 1 N–H and O–H groups in total. The molecule has 2 bridgehead atoms. The Morgan fingerprint density at radius 1 is 1.05 bits per heavy atom. The van der Waals surface area contributed by atoms with Crippen molar-refractivity contribution in [3.8, 4) is 11.5 Å². The quantitative estimate of drug-likeness (QED) is 0.292. The number of ether oxygens (including phenoxy) is 1. The minimum absolute atomic E-state index is 0.0420. The van der Waals surface area contributed by atoms with E-state index in [9.17, 15) is 4.79 Å². The molecule has 3 atom stereocenters. The minimum Gasteiger partial charge on any atom is -0.457 e. The zero-order valence-corrected chi connectivity index (χ0v) is 22.1. The molecular formula is C30H28N8O2. The van der Waals surface area contributed by atoms with Gasteiger partial charge in [-0.15, -0.1) is 0 Å². The summed E-state index contributed by atoms with van der Waals surface area (Å²) < 4.78 is 7.81. The van der Waals surface area contributed by atoms with Gasteiger partial charge in [0.25, 0.3) is 0 Å². The van der Waals surface area contributed by atoms with Gasteiger partial charge in [-0.1, -0.05) is 6.58 Å². The van der Waals surface area contributed by atoms with Gasteiger partial charge < -0.3 is 15.0 Å². The number of nitrogens with zero attached hydrogens (tertiary/aromatic N) is 7. The number of carbonyl (C=O) groups is 1. The molecule has 10 nitrogen and oxygen atoms in total. The molecule has 10 heteroatoms. The first-order valence-electron chi connectivity index (χ1n) is 13.5. The standard InChI is InChI=1S/C30H28N8O2/c1-3-28(39)38-21-5-6-22(38)14-19(13-21)24-7-8-25-29(36-24)30(33-16-31-25)35-20-4-9-26(18(2)12-20)40-23-10-11-37-27(15-23)32-17-34-37/h3-4,7-12,15-17,19,21-22H,1,5-6,13-14H2,2H3,(H,31,33,35)/t19?,21-,22?/m0/s1. The molecule has 0 radical (unpaired) electrons. The zero-order chi connectivity index (χ0) is 27.2. The average Bonchev–Trinajstić information content (AvgIpc) is 3.54. The van der Waals surface area contributed by atoms with E-state index < -0.39 is 0 Å². The molecule has 2 aliphatic rings. The first-order valence-corrected chi connectivity index (χ1v) is 13.5. The van der Waals surface area contributed by atoms with Gasteiger partial charge in [-0.25, -0.2) is 24.5 Å². The molecule has 40 heavy (non-hydrogen) atoms. The van der Waals surface area contributed by atoms with Gasteiger partial charge in [-0.05, 0) is 80.6 Å². The summed E-state index contributed by atoms with van der Waals surface area (Å²) in [6, 6.07) is 14.2. The summed E-state index contributed by atoms with van der Waals surface area (Å²) in [7, 11) is 0. The summed E-state index contributed by atoms with van der Waals surface area (Å²) in [4.78, 5) is 32.7. The number of carbonyl (C=O) groups excluding carboxylic acids is 1. The fraction of sp³-hybridized carbons (Fsp3) is 0.267. The van der Waals surface area contributed by atoms with Crippen molar-refractivity contribution in [2.45, 2.75) is 50.6 Å². The van der Waals surface area contributed by atoms with Gasteiger partial charge in [0.2, 0.25) is 5.91 Å². The van der Waals surface area contributed by atoms with Crippen LogP contribution in [0.2, 0.25) is 0 Å². The van der Waals surface area contributed by atoms with E-state index in [0.717, 1.165) is 65.1 Å². The number of aromatic nitrogens is 6. The second kappa shape index (κ2) is 9.71. The Morgan fingerprint density at radius 3 is 2.70 bits per heavy atom. The smallest absolute Gasteiger partial charge is 0.246 e. The van der Waals surface area contributed by atoms with Gasteiger partial charge >= 0.3 is 0 Å². The maximum Gasteiger partial charge on any atom is 0.246 e. The number of hydrogen-bond donors (Lipinski definition) is 1. The van der Waals surface area contributed by atoms with Crippen LogP contribution in [-0.4, -0.2) is 52.4 Å². The minimum atomic E-state index is 0.0420. The average molecular weight is 533 g/mol. The summed E-state index contributed by atoms with van der Waals surface area (Å²) in [6.45, 7) is 5.69. The van der Waals surface area contributed by atoms with Gasteiger partial charge in [0.05, 0.1) is 5.52 Å². The molecule has 2 saturated heterocycles. The third-order valence-electron chi connectivity index (χ3n) is 8.00. The molecular weight excluding hydrogens is 504 g/mol. The predicted molar refractivity (Wildman–Crippen MR) is 151 cm³/mol. The lowest BCUT2D eigenvalue weighted by atomic mass is 9.87. The molecule has 0 spiro atoms. The highest BCUT2D eigenvalue weighted by atomic mass is 16.5. The lowest BCUT2D eigenvalue weighted by molar-refractivity contribution is -0.130. The van der Waals surface area contributed by atoms with Gasteiger partial charge in [0, 0.05) is 41.6 Å². The van der Waals surface area contributed by atoms with Gasteiger partial charge in [-0.2, -0.15) is 5.10 Å². The van der Waals surface area contributed by atoms with Crippen molar-refractivity contribution in [3.63, 3.8) is 0 Å². The second-order valence-electron chi connectivity index (χ2n) is 10.5. The van der Waals surface area contributed by atoms with Crippen LogP contribution in [0.5, 0.6) is 11.5 Å². The Kier molecular flexibility index (Phi) is 5.87. The van der Waals surface area contributed by atoms with Crippen molar-refractivity contribution < 1.29 is 9.53 Å². The van der Waals surface area contributed by atoms with E-state index >= 15 is 0 Å². The van der Waals surface area contributed by atoms with E-state index in [4.69, 9.17) is 9.72 Å². The van der Waals surface area contributed by atoms with Crippen LogP contribution in [0.1, 0.15) is 42.9 Å². The van der Waals surface area contributed by atoms with Crippen LogP contribution < -0.4 is 10.1 Å². The topological polar surface area (TPSA) is 110 Å². The monoisotopic (exact) mass is 532 g/mol. The number of nitrogens with one attached hydrogen (secondary N) is 1. The molecule has 6 heterocycles. The molecule has 2 fully saturated rings. The number of rotatable bonds is 6. The number of anilines is 2. The number of aryl methyl sites for hydroxylation is 1. The van der Waals surface area contributed by atoms with Gasteiger partial charge in [0.15, 0.2) is 11.5 Å². The van der Waals surface area contributed by atoms with Crippen molar-refractivity contribution in [2.24, 2.45) is 0 Å². The highest BCUT2D eigenvalue weighted by Gasteiger charge is 2.43. The lowest BCUT2D eigenvalue weighted by Gasteiger charge is -2.38. The number of amides is 1. The molecule has 200 valence electrons. The van der Waals surface area contributed by atoms with E-state index in [-0.39, 0.29) is 18.0 Å². The Bertz CT molecular complexity index is 1750. The highest BCUT2D eigenvalue weighted by molar-refractivity contribution is 5.88. The van der Waals surface area contributed by atoms with Crippen LogP contribution in [0, 0.1) is 6.92 Å². The number of pyridine rings is 2. The Morgan fingerprint density at radius 2 is 1.90 bits per heavy atom. The summed E-state index contributed by atoms with van der Waals surface area (Å²) >= 11 is 0. The van der Waals surface area contributed by atoms with Crippen LogP contribution in [0.3, 0.4) is 0 Å². The zero-order valence-electron chi connectivity index (χ0n) is 22.1. The van der Waals surface area contributed by atoms with Crippen LogP contribution in [-0.2, 0) is 4.79 Å². The third-order valence-corrected chi connectivity index (χ3v) is 8.00. The van der Waals surface area contributed by atoms with Crippen LogP contribution in [0.25, 0.3) is 16.7 Å². The van der Waals surface area contributed by atoms with Crippen molar-refractivity contribution >= 4 is 34.1 Å². The lowest BCUT2D eigenvalue weighted by Crippen LogP contribution is -2.45. The molecule has 7 rings (SSSR count).